The zero-order chi connectivity index (χ0) is 13.6. The van der Waals surface area contributed by atoms with Crippen molar-refractivity contribution >= 4 is 8.32 Å². The molecule has 3 atom stereocenters. The molecule has 0 spiro atoms. The molecule has 0 aromatic carbocycles. The molecule has 0 saturated carbocycles. The van der Waals surface area contributed by atoms with Crippen molar-refractivity contribution in [1.29, 1.82) is 0 Å². The normalized spacial score (nSPS) is 33.8. The molecule has 1 aliphatic carbocycles. The number of fused-ring (bicyclic) bond motifs is 3. The number of rotatable bonds is 2. The summed E-state index contributed by atoms with van der Waals surface area (Å²) < 4.78 is 6.54. The molecule has 104 valence electrons. The van der Waals surface area contributed by atoms with Crippen LogP contribution in [0.25, 0.3) is 0 Å². The van der Waals surface area contributed by atoms with E-state index in [1.165, 1.54) is 0 Å². The number of nitrogens with zero attached hydrogens (tertiary/aromatic N) is 1. The molecule has 3 aliphatic rings. The van der Waals surface area contributed by atoms with E-state index < -0.39 is 8.32 Å². The van der Waals surface area contributed by atoms with Crippen LogP contribution in [0.15, 0.2) is 12.2 Å². The van der Waals surface area contributed by atoms with Crippen LogP contribution >= 0.6 is 0 Å². The van der Waals surface area contributed by atoms with Gasteiger partial charge in [-0.3, -0.25) is 4.84 Å². The summed E-state index contributed by atoms with van der Waals surface area (Å²) in [6.45, 7) is 11.6. The second kappa shape index (κ2) is 4.74. The monoisotopic (exact) mass is 269 g/mol. The van der Waals surface area contributed by atoms with E-state index in [-0.39, 0.29) is 11.1 Å². The maximum Gasteiger partial charge on any atom is 0.192 e. The summed E-state index contributed by atoms with van der Waals surface area (Å²) in [5, 5.41) is 2.26. The Morgan fingerprint density at radius 3 is 2.44 bits per heavy atom. The van der Waals surface area contributed by atoms with Crippen molar-refractivity contribution in [2.75, 3.05) is 7.05 Å². The van der Waals surface area contributed by atoms with Gasteiger partial charge >= 0.3 is 0 Å². The molecule has 2 heterocycles. The predicted octanol–water partition coefficient (Wildman–Crippen LogP) is 3.34. The highest BCUT2D eigenvalue weighted by molar-refractivity contribution is 6.74. The number of likely N-dealkylation sites (N-methyl/N-ethyl adjacent to an activating group) is 1. The van der Waals surface area contributed by atoms with Gasteiger partial charge in [0.1, 0.15) is 0 Å². The highest BCUT2D eigenvalue weighted by atomic mass is 28.4. The van der Waals surface area contributed by atoms with Gasteiger partial charge in [0.05, 0.1) is 12.1 Å². The summed E-state index contributed by atoms with van der Waals surface area (Å²) in [6.07, 6.45) is 7.03. The molecular formula is C14H27NO2Si. The van der Waals surface area contributed by atoms with Crippen LogP contribution in [-0.2, 0) is 9.26 Å². The van der Waals surface area contributed by atoms with Gasteiger partial charge in [-0.1, -0.05) is 32.9 Å². The molecule has 4 heteroatoms. The minimum atomic E-state index is -1.67. The molecule has 0 aromatic heterocycles. The van der Waals surface area contributed by atoms with Crippen LogP contribution < -0.4 is 0 Å². The predicted molar refractivity (Wildman–Crippen MR) is 76.9 cm³/mol. The van der Waals surface area contributed by atoms with Crippen molar-refractivity contribution in [2.45, 2.75) is 70.0 Å². The molecule has 2 bridgehead atoms. The zero-order valence-electron chi connectivity index (χ0n) is 12.6. The van der Waals surface area contributed by atoms with Crippen LogP contribution in [0.1, 0.15) is 33.6 Å². The van der Waals surface area contributed by atoms with Gasteiger partial charge in [-0.05, 0) is 24.6 Å². The van der Waals surface area contributed by atoms with Gasteiger partial charge in [-0.25, -0.2) is 0 Å². The summed E-state index contributed by atoms with van der Waals surface area (Å²) in [5.41, 5.74) is 0. The molecule has 0 N–H and O–H groups in total. The first kappa shape index (κ1) is 14.3. The molecule has 1 fully saturated rings. The molecule has 0 radical (unpaired) electrons. The van der Waals surface area contributed by atoms with Gasteiger partial charge in [0, 0.05) is 19.6 Å². The maximum absolute atomic E-state index is 6.54. The quantitative estimate of drug-likeness (QED) is 0.567. The minimum absolute atomic E-state index is 0.198. The standard InChI is InChI=1S/C14H27NO2Si/c1-14(2,3)18(5,6)17-13-9-11-7-8-12(10-13)16-15(11)4/h7-8,11-13H,9-10H2,1-6H3/t11-,12+,13-/m1/s1. The summed E-state index contributed by atoms with van der Waals surface area (Å²) in [4.78, 5) is 5.82. The van der Waals surface area contributed by atoms with Crippen molar-refractivity contribution in [3.8, 4) is 0 Å². The Bertz CT molecular complexity index is 335. The van der Waals surface area contributed by atoms with E-state index in [0.717, 1.165) is 12.8 Å². The van der Waals surface area contributed by atoms with Crippen LogP contribution in [0.2, 0.25) is 18.1 Å². The average molecular weight is 269 g/mol. The molecule has 18 heavy (non-hydrogen) atoms. The second-order valence-corrected chi connectivity index (χ2v) is 11.9. The Labute approximate surface area is 112 Å². The molecule has 1 saturated heterocycles. The minimum Gasteiger partial charge on any atom is -0.414 e. The fourth-order valence-electron chi connectivity index (χ4n) is 2.36. The van der Waals surface area contributed by atoms with Gasteiger partial charge in [0.25, 0.3) is 0 Å². The summed E-state index contributed by atoms with van der Waals surface area (Å²) >= 11 is 0. The number of hydrogen-bond acceptors (Lipinski definition) is 3. The fourth-order valence-corrected chi connectivity index (χ4v) is 3.74. The van der Waals surface area contributed by atoms with Crippen molar-refractivity contribution < 1.29 is 9.26 Å². The second-order valence-electron chi connectivity index (χ2n) is 7.11. The topological polar surface area (TPSA) is 21.7 Å². The van der Waals surface area contributed by atoms with E-state index in [2.05, 4.69) is 46.0 Å². The molecular weight excluding hydrogens is 242 g/mol. The third-order valence-corrected chi connectivity index (χ3v) is 9.12. The molecule has 3 nitrogen and oxygen atoms in total. The smallest absolute Gasteiger partial charge is 0.192 e. The van der Waals surface area contributed by atoms with Crippen LogP contribution in [-0.4, -0.2) is 38.7 Å². The third kappa shape index (κ3) is 2.87. The summed E-state index contributed by atoms with van der Waals surface area (Å²) in [5.74, 6) is 0. The SMILES string of the molecule is CN1O[C@H]2C=C[C@@H]1C[C@@H](O[Si](C)(C)C(C)(C)C)C2. The van der Waals surface area contributed by atoms with Crippen molar-refractivity contribution in [1.82, 2.24) is 5.06 Å². The molecule has 3 rings (SSSR count). The van der Waals surface area contributed by atoms with Gasteiger partial charge in [-0.2, -0.15) is 5.06 Å². The van der Waals surface area contributed by atoms with Crippen LogP contribution in [0.3, 0.4) is 0 Å². The van der Waals surface area contributed by atoms with E-state index in [9.17, 15) is 0 Å². The fraction of sp³-hybridized carbons (Fsp3) is 0.857. The van der Waals surface area contributed by atoms with Crippen LogP contribution in [0.4, 0.5) is 0 Å². The highest BCUT2D eigenvalue weighted by Gasteiger charge is 2.41. The largest absolute Gasteiger partial charge is 0.414 e. The van der Waals surface area contributed by atoms with Gasteiger partial charge < -0.3 is 4.43 Å². The Hall–Kier alpha value is -0.163. The highest BCUT2D eigenvalue weighted by Crippen LogP contribution is 2.39. The van der Waals surface area contributed by atoms with E-state index in [4.69, 9.17) is 9.26 Å². The Morgan fingerprint density at radius 1 is 1.22 bits per heavy atom. The van der Waals surface area contributed by atoms with E-state index in [1.54, 1.807) is 0 Å². The summed E-state index contributed by atoms with van der Waals surface area (Å²) in [6, 6.07) is 0.374. The Morgan fingerprint density at radius 2 is 1.89 bits per heavy atom. The van der Waals surface area contributed by atoms with E-state index in [1.807, 2.05) is 12.1 Å². The average Bonchev–Trinajstić information content (AvgIpc) is 2.44. The van der Waals surface area contributed by atoms with Gasteiger partial charge in [-0.15, -0.1) is 0 Å². The van der Waals surface area contributed by atoms with Gasteiger partial charge in [0.15, 0.2) is 8.32 Å². The van der Waals surface area contributed by atoms with E-state index in [0.29, 0.717) is 12.1 Å². The lowest BCUT2D eigenvalue weighted by atomic mass is 10.1. The molecule has 0 unspecified atom stereocenters. The first-order valence-corrected chi connectivity index (χ1v) is 9.85. The first-order valence-electron chi connectivity index (χ1n) is 6.95. The van der Waals surface area contributed by atoms with E-state index >= 15 is 0 Å². The molecule has 0 aromatic rings. The zero-order valence-corrected chi connectivity index (χ0v) is 13.6. The van der Waals surface area contributed by atoms with Crippen molar-refractivity contribution in [2.24, 2.45) is 0 Å². The third-order valence-electron chi connectivity index (χ3n) is 4.58. The first-order chi connectivity index (χ1) is 8.19. The van der Waals surface area contributed by atoms with Crippen molar-refractivity contribution in [3.63, 3.8) is 0 Å². The van der Waals surface area contributed by atoms with Crippen molar-refractivity contribution in [3.05, 3.63) is 12.2 Å². The van der Waals surface area contributed by atoms with Crippen LogP contribution in [0.5, 0.6) is 0 Å². The lowest BCUT2D eigenvalue weighted by molar-refractivity contribution is -0.182. The van der Waals surface area contributed by atoms with Crippen LogP contribution in [0, 0.1) is 0 Å². The van der Waals surface area contributed by atoms with Gasteiger partial charge in [0.2, 0.25) is 0 Å². The lowest BCUT2D eigenvalue weighted by Crippen LogP contribution is -2.44. The molecule has 0 amide bonds. The number of hydrogen-bond donors (Lipinski definition) is 0. The Kier molecular flexibility index (Phi) is 3.76. The lowest BCUT2D eigenvalue weighted by Gasteiger charge is -2.39. The number of hydroxylamine groups is 2. The molecule has 2 aliphatic heterocycles. The summed E-state index contributed by atoms with van der Waals surface area (Å²) in [7, 11) is 0.354. The maximum atomic E-state index is 6.54. The Balaban J connectivity index is 2.04.